The molecule has 114 valence electrons. The zero-order chi connectivity index (χ0) is 14.2. The van der Waals surface area contributed by atoms with E-state index in [2.05, 4.69) is 38.3 Å². The van der Waals surface area contributed by atoms with Gasteiger partial charge in [-0.3, -0.25) is 4.90 Å². The summed E-state index contributed by atoms with van der Waals surface area (Å²) in [7, 11) is 0. The zero-order valence-corrected chi connectivity index (χ0v) is 13.7. The van der Waals surface area contributed by atoms with Crippen molar-refractivity contribution in [1.29, 1.82) is 0 Å². The maximum absolute atomic E-state index is 5.72. The van der Waals surface area contributed by atoms with E-state index >= 15 is 0 Å². The number of hydrogen-bond donors (Lipinski definition) is 1. The van der Waals surface area contributed by atoms with Gasteiger partial charge < -0.3 is 14.8 Å². The van der Waals surface area contributed by atoms with Crippen molar-refractivity contribution >= 4 is 15.9 Å². The Bertz CT molecular complexity index is 537. The van der Waals surface area contributed by atoms with Crippen molar-refractivity contribution in [3.05, 3.63) is 22.2 Å². The normalized spacial score (nSPS) is 28.4. The molecule has 2 unspecified atom stereocenters. The first-order valence-corrected chi connectivity index (χ1v) is 8.63. The minimum atomic E-state index is 0.639. The number of nitrogens with zero attached hydrogens (tertiary/aromatic N) is 1. The van der Waals surface area contributed by atoms with Crippen LogP contribution < -0.4 is 14.8 Å². The molecule has 2 atom stereocenters. The summed E-state index contributed by atoms with van der Waals surface area (Å²) in [6, 6.07) is 4.89. The van der Waals surface area contributed by atoms with Crippen LogP contribution >= 0.6 is 15.9 Å². The van der Waals surface area contributed by atoms with E-state index < -0.39 is 0 Å². The number of likely N-dealkylation sites (tertiary alicyclic amines) is 1. The first kappa shape index (κ1) is 13.9. The molecule has 0 radical (unpaired) electrons. The predicted molar refractivity (Wildman–Crippen MR) is 84.9 cm³/mol. The van der Waals surface area contributed by atoms with Gasteiger partial charge in [0.15, 0.2) is 11.5 Å². The van der Waals surface area contributed by atoms with Crippen LogP contribution in [0.3, 0.4) is 0 Å². The summed E-state index contributed by atoms with van der Waals surface area (Å²) >= 11 is 3.70. The van der Waals surface area contributed by atoms with Crippen LogP contribution in [0.2, 0.25) is 0 Å². The maximum Gasteiger partial charge on any atom is 0.162 e. The highest BCUT2D eigenvalue weighted by Gasteiger charge is 2.35. The Morgan fingerprint density at radius 2 is 2.00 bits per heavy atom. The van der Waals surface area contributed by atoms with Gasteiger partial charge in [0.05, 0.1) is 0 Å². The maximum atomic E-state index is 5.72. The molecule has 0 amide bonds. The molecule has 3 aliphatic heterocycles. The molecule has 3 heterocycles. The highest BCUT2D eigenvalue weighted by Crippen LogP contribution is 2.37. The molecular formula is C16H21BrN2O2. The van der Waals surface area contributed by atoms with Crippen molar-refractivity contribution in [1.82, 2.24) is 10.2 Å². The lowest BCUT2D eigenvalue weighted by Crippen LogP contribution is -2.44. The van der Waals surface area contributed by atoms with E-state index in [1.165, 1.54) is 31.5 Å². The van der Waals surface area contributed by atoms with Gasteiger partial charge in [0.1, 0.15) is 13.2 Å². The number of piperidine rings is 1. The van der Waals surface area contributed by atoms with E-state index in [9.17, 15) is 0 Å². The van der Waals surface area contributed by atoms with E-state index in [1.54, 1.807) is 0 Å². The fraction of sp³-hybridized carbons (Fsp3) is 0.625. The van der Waals surface area contributed by atoms with E-state index in [1.807, 2.05) is 0 Å². The van der Waals surface area contributed by atoms with Gasteiger partial charge in [0, 0.05) is 23.6 Å². The largest absolute Gasteiger partial charge is 0.486 e. The smallest absolute Gasteiger partial charge is 0.162 e. The third-order valence-electron chi connectivity index (χ3n) is 4.88. The average molecular weight is 353 g/mol. The zero-order valence-electron chi connectivity index (χ0n) is 12.1. The lowest BCUT2D eigenvalue weighted by molar-refractivity contribution is 0.117. The molecule has 1 aromatic rings. The second-order valence-corrected chi connectivity index (χ2v) is 7.04. The molecule has 0 bridgehead atoms. The predicted octanol–water partition coefficient (Wildman–Crippen LogP) is 2.40. The first-order valence-electron chi connectivity index (χ1n) is 7.84. The van der Waals surface area contributed by atoms with Gasteiger partial charge in [0.25, 0.3) is 0 Å². The molecule has 4 nitrogen and oxygen atoms in total. The van der Waals surface area contributed by atoms with Gasteiger partial charge in [-0.15, -0.1) is 0 Å². The van der Waals surface area contributed by atoms with Crippen molar-refractivity contribution in [2.24, 2.45) is 5.92 Å². The summed E-state index contributed by atoms with van der Waals surface area (Å²) < 4.78 is 12.5. The standard InChI is InChI=1S/C16H21BrN2O2/c17-13-7-16-15(20-4-5-21-16)6-12(13)10-19-3-1-2-11-8-18-9-14(11)19/h6-7,11,14,18H,1-5,8-10H2. The molecule has 0 saturated carbocycles. The number of fused-ring (bicyclic) bond motifs is 2. The summed E-state index contributed by atoms with van der Waals surface area (Å²) in [5.74, 6) is 2.57. The molecule has 1 aromatic carbocycles. The van der Waals surface area contributed by atoms with Crippen LogP contribution in [0, 0.1) is 5.92 Å². The molecule has 4 rings (SSSR count). The number of ether oxygens (including phenoxy) is 2. The van der Waals surface area contributed by atoms with E-state index in [-0.39, 0.29) is 0 Å². The summed E-state index contributed by atoms with van der Waals surface area (Å²) in [5, 5.41) is 3.55. The fourth-order valence-corrected chi connectivity index (χ4v) is 4.25. The highest BCUT2D eigenvalue weighted by molar-refractivity contribution is 9.10. The second kappa shape index (κ2) is 5.78. The average Bonchev–Trinajstić information content (AvgIpc) is 2.97. The van der Waals surface area contributed by atoms with Crippen LogP contribution in [-0.4, -0.2) is 43.8 Å². The van der Waals surface area contributed by atoms with Crippen LogP contribution in [-0.2, 0) is 6.54 Å². The number of rotatable bonds is 2. The third kappa shape index (κ3) is 2.67. The van der Waals surface area contributed by atoms with Crippen molar-refractivity contribution in [2.45, 2.75) is 25.4 Å². The summed E-state index contributed by atoms with van der Waals surface area (Å²) in [5.41, 5.74) is 1.30. The second-order valence-electron chi connectivity index (χ2n) is 6.19. The molecule has 0 aliphatic carbocycles. The van der Waals surface area contributed by atoms with Gasteiger partial charge in [-0.05, 0) is 49.5 Å². The Hall–Kier alpha value is -0.780. The Labute approximate surface area is 133 Å². The number of benzene rings is 1. The summed E-state index contributed by atoms with van der Waals surface area (Å²) in [6.07, 6.45) is 2.68. The van der Waals surface area contributed by atoms with Crippen LogP contribution in [0.4, 0.5) is 0 Å². The summed E-state index contributed by atoms with van der Waals surface area (Å²) in [6.45, 7) is 5.78. The molecular weight excluding hydrogens is 332 g/mol. The molecule has 0 aromatic heterocycles. The third-order valence-corrected chi connectivity index (χ3v) is 5.62. The van der Waals surface area contributed by atoms with Crippen molar-refractivity contribution in [2.75, 3.05) is 32.8 Å². The lowest BCUT2D eigenvalue weighted by atomic mass is 9.91. The van der Waals surface area contributed by atoms with Crippen LogP contribution in [0.15, 0.2) is 16.6 Å². The van der Waals surface area contributed by atoms with Gasteiger partial charge >= 0.3 is 0 Å². The van der Waals surface area contributed by atoms with Crippen LogP contribution in [0.1, 0.15) is 18.4 Å². The SMILES string of the molecule is Brc1cc2c(cc1CN1CCCC3CNCC31)OCCO2. The molecule has 1 N–H and O–H groups in total. The molecule has 3 aliphatic rings. The number of nitrogens with one attached hydrogen (secondary N) is 1. The monoisotopic (exact) mass is 352 g/mol. The molecule has 2 fully saturated rings. The Morgan fingerprint density at radius 3 is 2.86 bits per heavy atom. The fourth-order valence-electron chi connectivity index (χ4n) is 3.81. The minimum absolute atomic E-state index is 0.639. The first-order chi connectivity index (χ1) is 10.3. The quantitative estimate of drug-likeness (QED) is 0.886. The highest BCUT2D eigenvalue weighted by atomic mass is 79.9. The lowest BCUT2D eigenvalue weighted by Gasteiger charge is -2.37. The van der Waals surface area contributed by atoms with Crippen molar-refractivity contribution in [3.8, 4) is 11.5 Å². The van der Waals surface area contributed by atoms with E-state index in [0.717, 1.165) is 35.0 Å². The van der Waals surface area contributed by atoms with Crippen LogP contribution in [0.25, 0.3) is 0 Å². The molecule has 5 heteroatoms. The number of hydrogen-bond acceptors (Lipinski definition) is 4. The number of halogens is 1. The van der Waals surface area contributed by atoms with Gasteiger partial charge in [-0.1, -0.05) is 15.9 Å². The summed E-state index contributed by atoms with van der Waals surface area (Å²) in [4.78, 5) is 2.63. The Balaban J connectivity index is 1.56. The Morgan fingerprint density at radius 1 is 1.19 bits per heavy atom. The van der Waals surface area contributed by atoms with E-state index in [0.29, 0.717) is 19.3 Å². The Kier molecular flexibility index (Phi) is 3.81. The molecule has 2 saturated heterocycles. The van der Waals surface area contributed by atoms with E-state index in [4.69, 9.17) is 9.47 Å². The van der Waals surface area contributed by atoms with Crippen LogP contribution in [0.5, 0.6) is 11.5 Å². The molecule has 21 heavy (non-hydrogen) atoms. The topological polar surface area (TPSA) is 33.7 Å². The van der Waals surface area contributed by atoms with Gasteiger partial charge in [-0.2, -0.15) is 0 Å². The van der Waals surface area contributed by atoms with Crippen molar-refractivity contribution in [3.63, 3.8) is 0 Å². The minimum Gasteiger partial charge on any atom is -0.486 e. The van der Waals surface area contributed by atoms with Crippen molar-refractivity contribution < 1.29 is 9.47 Å². The van der Waals surface area contributed by atoms with Gasteiger partial charge in [0.2, 0.25) is 0 Å². The molecule has 0 spiro atoms. The van der Waals surface area contributed by atoms with Gasteiger partial charge in [-0.25, -0.2) is 0 Å².